The molecule has 0 heteroatoms. The van der Waals surface area contributed by atoms with E-state index in [1.807, 2.05) is 0 Å². The quantitative estimate of drug-likeness (QED) is 0.668. The number of hydrogen-bond donors (Lipinski definition) is 0. The van der Waals surface area contributed by atoms with Gasteiger partial charge in [0.25, 0.3) is 0 Å². The zero-order valence-electron chi connectivity index (χ0n) is 13.2. The van der Waals surface area contributed by atoms with Crippen LogP contribution < -0.4 is 0 Å². The van der Waals surface area contributed by atoms with Crippen LogP contribution in [0.25, 0.3) is 5.57 Å². The number of aryl methyl sites for hydroxylation is 2. The van der Waals surface area contributed by atoms with Gasteiger partial charge in [-0.3, -0.25) is 0 Å². The summed E-state index contributed by atoms with van der Waals surface area (Å²) in [7, 11) is 0. The zero-order chi connectivity index (χ0) is 14.8. The maximum absolute atomic E-state index is 2.36. The van der Waals surface area contributed by atoms with E-state index in [2.05, 4.69) is 89.2 Å². The lowest BCUT2D eigenvalue weighted by molar-refractivity contribution is 0.671. The Morgan fingerprint density at radius 3 is 1.75 bits per heavy atom. The highest BCUT2D eigenvalue weighted by atomic mass is 14.2. The summed E-state index contributed by atoms with van der Waals surface area (Å²) in [6, 6.07) is 17.6. The van der Waals surface area contributed by atoms with Gasteiger partial charge in [0, 0.05) is 5.41 Å². The fraction of sp³-hybridized carbons (Fsp3) is 0.300. The largest absolute Gasteiger partial charge is 0.0710 e. The third-order valence-corrected chi connectivity index (χ3v) is 3.88. The molecular weight excluding hydrogens is 240 g/mol. The first kappa shape index (κ1) is 14.6. The standard InChI is InChI=1S/C20H24/c1-15-6-10-18(11-7-15)17(3)14-20(4,5)19-12-8-16(2)9-13-19/h6-14H,1-5H3/b17-14-. The number of benzene rings is 2. The fourth-order valence-corrected chi connectivity index (χ4v) is 2.51. The Morgan fingerprint density at radius 2 is 1.25 bits per heavy atom. The molecule has 0 unspecified atom stereocenters. The predicted molar refractivity (Wildman–Crippen MR) is 89.0 cm³/mol. The number of allylic oxidation sites excluding steroid dienone is 2. The summed E-state index contributed by atoms with van der Waals surface area (Å²) in [5, 5.41) is 0. The lowest BCUT2D eigenvalue weighted by Crippen LogP contribution is -2.14. The normalized spacial score (nSPS) is 12.6. The van der Waals surface area contributed by atoms with Gasteiger partial charge in [0.15, 0.2) is 0 Å². The molecule has 0 radical (unpaired) electrons. The van der Waals surface area contributed by atoms with Gasteiger partial charge in [-0.2, -0.15) is 0 Å². The monoisotopic (exact) mass is 264 g/mol. The molecule has 0 saturated carbocycles. The molecule has 104 valence electrons. The Balaban J connectivity index is 2.31. The first-order chi connectivity index (χ1) is 9.38. The predicted octanol–water partition coefficient (Wildman–Crippen LogP) is 5.68. The van der Waals surface area contributed by atoms with Gasteiger partial charge < -0.3 is 0 Å². The second-order valence-electron chi connectivity index (χ2n) is 6.28. The Bertz CT molecular complexity index is 595. The minimum absolute atomic E-state index is 0.0443. The second-order valence-corrected chi connectivity index (χ2v) is 6.28. The Hall–Kier alpha value is -1.82. The summed E-state index contributed by atoms with van der Waals surface area (Å²) in [6.07, 6.45) is 2.36. The average molecular weight is 264 g/mol. The molecule has 2 aromatic rings. The van der Waals surface area contributed by atoms with Gasteiger partial charge in [-0.15, -0.1) is 0 Å². The summed E-state index contributed by atoms with van der Waals surface area (Å²) in [4.78, 5) is 0. The molecule has 0 atom stereocenters. The summed E-state index contributed by atoms with van der Waals surface area (Å²) >= 11 is 0. The van der Waals surface area contributed by atoms with Crippen molar-refractivity contribution in [2.45, 2.75) is 40.0 Å². The molecule has 0 nitrogen and oxygen atoms in total. The van der Waals surface area contributed by atoms with Crippen molar-refractivity contribution in [3.05, 3.63) is 76.9 Å². The van der Waals surface area contributed by atoms with Crippen molar-refractivity contribution >= 4 is 5.57 Å². The molecule has 0 aliphatic carbocycles. The third kappa shape index (κ3) is 3.39. The lowest BCUT2D eigenvalue weighted by Gasteiger charge is -2.23. The van der Waals surface area contributed by atoms with E-state index in [9.17, 15) is 0 Å². The van der Waals surface area contributed by atoms with Crippen LogP contribution in [0.2, 0.25) is 0 Å². The van der Waals surface area contributed by atoms with Crippen LogP contribution in [0.3, 0.4) is 0 Å². The fourth-order valence-electron chi connectivity index (χ4n) is 2.51. The van der Waals surface area contributed by atoms with Gasteiger partial charge >= 0.3 is 0 Å². The van der Waals surface area contributed by atoms with E-state index >= 15 is 0 Å². The topological polar surface area (TPSA) is 0 Å². The van der Waals surface area contributed by atoms with Crippen LogP contribution in [-0.4, -0.2) is 0 Å². The molecule has 0 amide bonds. The molecule has 0 aliphatic heterocycles. The smallest absolute Gasteiger partial charge is 0.00812 e. The van der Waals surface area contributed by atoms with Crippen LogP contribution in [0.1, 0.15) is 43.0 Å². The van der Waals surface area contributed by atoms with Gasteiger partial charge in [0.1, 0.15) is 0 Å². The molecule has 0 bridgehead atoms. The molecule has 2 rings (SSSR count). The van der Waals surface area contributed by atoms with Gasteiger partial charge in [-0.1, -0.05) is 79.6 Å². The van der Waals surface area contributed by atoms with Crippen LogP contribution >= 0.6 is 0 Å². The maximum atomic E-state index is 2.36. The summed E-state index contributed by atoms with van der Waals surface area (Å²) < 4.78 is 0. The highest BCUT2D eigenvalue weighted by Crippen LogP contribution is 2.29. The van der Waals surface area contributed by atoms with E-state index in [-0.39, 0.29) is 5.41 Å². The highest BCUT2D eigenvalue weighted by molar-refractivity contribution is 5.65. The average Bonchev–Trinajstić information content (AvgIpc) is 2.39. The number of hydrogen-bond acceptors (Lipinski definition) is 0. The van der Waals surface area contributed by atoms with Crippen molar-refractivity contribution in [1.29, 1.82) is 0 Å². The van der Waals surface area contributed by atoms with E-state index < -0.39 is 0 Å². The molecule has 0 fully saturated rings. The zero-order valence-corrected chi connectivity index (χ0v) is 13.2. The van der Waals surface area contributed by atoms with Crippen LogP contribution in [0.4, 0.5) is 0 Å². The van der Waals surface area contributed by atoms with Gasteiger partial charge in [0.2, 0.25) is 0 Å². The summed E-state index contributed by atoms with van der Waals surface area (Å²) in [6.45, 7) is 11.0. The van der Waals surface area contributed by atoms with E-state index in [0.29, 0.717) is 0 Å². The molecule has 0 aromatic heterocycles. The number of rotatable bonds is 3. The van der Waals surface area contributed by atoms with Crippen molar-refractivity contribution in [2.24, 2.45) is 0 Å². The van der Waals surface area contributed by atoms with E-state index in [1.54, 1.807) is 0 Å². The minimum Gasteiger partial charge on any atom is -0.0710 e. The molecular formula is C20H24. The lowest BCUT2D eigenvalue weighted by atomic mass is 9.82. The summed E-state index contributed by atoms with van der Waals surface area (Å²) in [5.74, 6) is 0. The Labute approximate surface area is 123 Å². The van der Waals surface area contributed by atoms with Crippen LogP contribution in [0.5, 0.6) is 0 Å². The molecule has 0 heterocycles. The Morgan fingerprint density at radius 1 is 0.800 bits per heavy atom. The van der Waals surface area contributed by atoms with E-state index in [0.717, 1.165) is 0 Å². The maximum Gasteiger partial charge on any atom is 0.00812 e. The van der Waals surface area contributed by atoms with Crippen molar-refractivity contribution in [1.82, 2.24) is 0 Å². The van der Waals surface area contributed by atoms with Crippen molar-refractivity contribution in [3.8, 4) is 0 Å². The van der Waals surface area contributed by atoms with Gasteiger partial charge in [-0.05, 0) is 37.5 Å². The third-order valence-electron chi connectivity index (χ3n) is 3.88. The van der Waals surface area contributed by atoms with Crippen LogP contribution in [0, 0.1) is 13.8 Å². The van der Waals surface area contributed by atoms with E-state index in [4.69, 9.17) is 0 Å². The van der Waals surface area contributed by atoms with Crippen LogP contribution in [0.15, 0.2) is 54.6 Å². The molecule has 0 aliphatic rings. The van der Waals surface area contributed by atoms with Gasteiger partial charge in [0.05, 0.1) is 0 Å². The van der Waals surface area contributed by atoms with E-state index in [1.165, 1.54) is 27.8 Å². The Kier molecular flexibility index (Phi) is 4.13. The summed E-state index contributed by atoms with van der Waals surface area (Å²) in [5.41, 5.74) is 6.65. The van der Waals surface area contributed by atoms with Gasteiger partial charge in [-0.25, -0.2) is 0 Å². The highest BCUT2D eigenvalue weighted by Gasteiger charge is 2.17. The SMILES string of the molecule is C/C(=C/C(C)(C)c1ccc(C)cc1)c1ccc(C)cc1. The van der Waals surface area contributed by atoms with Crippen molar-refractivity contribution in [3.63, 3.8) is 0 Å². The molecule has 0 spiro atoms. The molecule has 20 heavy (non-hydrogen) atoms. The van der Waals surface area contributed by atoms with Crippen molar-refractivity contribution < 1.29 is 0 Å². The minimum atomic E-state index is 0.0443. The molecule has 0 N–H and O–H groups in total. The first-order valence-electron chi connectivity index (χ1n) is 7.22. The molecule has 0 saturated heterocycles. The second kappa shape index (κ2) is 5.66. The first-order valence-corrected chi connectivity index (χ1v) is 7.22. The van der Waals surface area contributed by atoms with Crippen molar-refractivity contribution in [2.75, 3.05) is 0 Å². The molecule has 2 aromatic carbocycles. The van der Waals surface area contributed by atoms with Crippen LogP contribution in [-0.2, 0) is 5.41 Å².